The van der Waals surface area contributed by atoms with Gasteiger partial charge in [0.05, 0.1) is 6.54 Å². The molecule has 0 atom stereocenters. The number of H-pyrrole nitrogens is 1. The number of nitrogens with zero attached hydrogens (tertiary/aromatic N) is 3. The van der Waals surface area contributed by atoms with Crippen LogP contribution in [0.25, 0.3) is 0 Å². The Hall–Kier alpha value is -1.56. The Kier molecular flexibility index (Phi) is 4.71. The highest BCUT2D eigenvalue weighted by molar-refractivity contribution is 7.89. The summed E-state index contributed by atoms with van der Waals surface area (Å²) in [6.07, 6.45) is 3.82. The van der Waals surface area contributed by atoms with Crippen LogP contribution < -0.4 is 5.32 Å². The molecule has 140 valence electrons. The Morgan fingerprint density at radius 2 is 2.12 bits per heavy atom. The van der Waals surface area contributed by atoms with Gasteiger partial charge in [0.2, 0.25) is 10.0 Å². The second kappa shape index (κ2) is 6.87. The molecule has 2 aliphatic rings. The molecule has 26 heavy (non-hydrogen) atoms. The molecule has 4 rings (SSSR count). The number of sulfonamides is 1. The number of hydrogen-bond donors (Lipinski definition) is 2. The van der Waals surface area contributed by atoms with E-state index in [4.69, 9.17) is 12.2 Å². The van der Waals surface area contributed by atoms with Gasteiger partial charge in [-0.2, -0.15) is 9.40 Å². The van der Waals surface area contributed by atoms with Gasteiger partial charge in [-0.15, -0.1) is 11.3 Å². The van der Waals surface area contributed by atoms with Crippen molar-refractivity contribution in [1.29, 1.82) is 0 Å². The molecule has 1 aliphatic heterocycles. The molecule has 1 saturated carbocycles. The number of rotatable bonds is 6. The molecular weight excluding hydrogens is 394 g/mol. The molecule has 1 saturated heterocycles. The van der Waals surface area contributed by atoms with E-state index in [2.05, 4.69) is 15.5 Å². The summed E-state index contributed by atoms with van der Waals surface area (Å²) >= 11 is 6.36. The second-order valence-electron chi connectivity index (χ2n) is 6.45. The maximum atomic E-state index is 12.8. The summed E-state index contributed by atoms with van der Waals surface area (Å²) < 4.78 is 29.5. The van der Waals surface area contributed by atoms with Gasteiger partial charge < -0.3 is 5.32 Å². The lowest BCUT2D eigenvalue weighted by molar-refractivity contribution is 0.0950. The topological polar surface area (TPSA) is 100 Å². The van der Waals surface area contributed by atoms with Crippen LogP contribution >= 0.6 is 23.6 Å². The summed E-state index contributed by atoms with van der Waals surface area (Å²) in [5.74, 6) is 0.250. The van der Waals surface area contributed by atoms with Crippen molar-refractivity contribution in [3.8, 4) is 0 Å². The molecule has 8 nitrogen and oxygen atoms in total. The smallest absolute Gasteiger partial charge is 0.263 e. The predicted octanol–water partition coefficient (Wildman–Crippen LogP) is 2.05. The van der Waals surface area contributed by atoms with E-state index < -0.39 is 15.9 Å². The zero-order valence-corrected chi connectivity index (χ0v) is 16.4. The number of amides is 1. The Morgan fingerprint density at radius 1 is 1.38 bits per heavy atom. The molecule has 0 radical (unpaired) electrons. The van der Waals surface area contributed by atoms with Crippen molar-refractivity contribution in [2.45, 2.75) is 43.2 Å². The number of nitrogens with one attached hydrogen (secondary N) is 2. The van der Waals surface area contributed by atoms with Crippen molar-refractivity contribution in [2.75, 3.05) is 13.1 Å². The number of aromatic nitrogens is 3. The van der Waals surface area contributed by atoms with Crippen molar-refractivity contribution in [1.82, 2.24) is 24.4 Å². The minimum absolute atomic E-state index is 0.0861. The zero-order valence-electron chi connectivity index (χ0n) is 14.0. The summed E-state index contributed by atoms with van der Waals surface area (Å²) in [4.78, 5) is 12.9. The fourth-order valence-corrected chi connectivity index (χ4v) is 6.28. The monoisotopic (exact) mass is 413 g/mol. The van der Waals surface area contributed by atoms with Crippen molar-refractivity contribution in [3.05, 3.63) is 26.9 Å². The normalized spacial score (nSPS) is 18.3. The van der Waals surface area contributed by atoms with Crippen LogP contribution in [0.15, 0.2) is 16.3 Å². The van der Waals surface area contributed by atoms with E-state index in [9.17, 15) is 13.2 Å². The first-order valence-corrected chi connectivity index (χ1v) is 11.2. The fraction of sp³-hybridized carbons (Fsp3) is 0.533. The van der Waals surface area contributed by atoms with Crippen LogP contribution in [0.2, 0.25) is 0 Å². The molecule has 3 heterocycles. The van der Waals surface area contributed by atoms with E-state index in [1.54, 1.807) is 5.38 Å². The van der Waals surface area contributed by atoms with E-state index in [1.165, 1.54) is 10.4 Å². The second-order valence-corrected chi connectivity index (χ2v) is 9.66. The first-order chi connectivity index (χ1) is 12.5. The number of carbonyl (C=O) groups is 1. The summed E-state index contributed by atoms with van der Waals surface area (Å²) in [6.45, 7) is 1.22. The van der Waals surface area contributed by atoms with Gasteiger partial charge >= 0.3 is 0 Å². The molecule has 2 N–H and O–H groups in total. The molecule has 2 aromatic rings. The van der Waals surface area contributed by atoms with Crippen LogP contribution in [-0.2, 0) is 16.6 Å². The van der Waals surface area contributed by atoms with Crippen LogP contribution in [0.5, 0.6) is 0 Å². The Bertz CT molecular complexity index is 980. The van der Waals surface area contributed by atoms with Gasteiger partial charge in [-0.3, -0.25) is 14.5 Å². The fourth-order valence-electron chi connectivity index (χ4n) is 3.14. The first kappa shape index (κ1) is 17.8. The number of carbonyl (C=O) groups excluding carboxylic acids is 1. The number of thiophene rings is 1. The van der Waals surface area contributed by atoms with Crippen molar-refractivity contribution < 1.29 is 13.2 Å². The third kappa shape index (κ3) is 3.24. The highest BCUT2D eigenvalue weighted by atomic mass is 32.2. The number of hydrogen-bond acceptors (Lipinski definition) is 6. The van der Waals surface area contributed by atoms with Gasteiger partial charge in [-0.1, -0.05) is 0 Å². The molecule has 11 heteroatoms. The molecule has 1 amide bonds. The summed E-state index contributed by atoms with van der Waals surface area (Å²) in [7, 11) is -3.62. The van der Waals surface area contributed by atoms with Gasteiger partial charge in [0.15, 0.2) is 10.6 Å². The highest BCUT2D eigenvalue weighted by Gasteiger charge is 2.32. The van der Waals surface area contributed by atoms with E-state index in [0.29, 0.717) is 29.7 Å². The van der Waals surface area contributed by atoms with Crippen LogP contribution in [0.1, 0.15) is 47.2 Å². The van der Waals surface area contributed by atoms with Crippen LogP contribution in [-0.4, -0.2) is 46.5 Å². The van der Waals surface area contributed by atoms with Crippen LogP contribution in [0.4, 0.5) is 0 Å². The molecule has 0 aromatic carbocycles. The van der Waals surface area contributed by atoms with E-state index in [0.717, 1.165) is 37.0 Å². The molecule has 1 aliphatic carbocycles. The van der Waals surface area contributed by atoms with Crippen LogP contribution in [0, 0.1) is 4.77 Å². The largest absolute Gasteiger partial charge is 0.344 e. The molecule has 2 fully saturated rings. The maximum absolute atomic E-state index is 12.8. The maximum Gasteiger partial charge on any atom is 0.263 e. The average molecular weight is 414 g/mol. The molecular formula is C15H19N5O3S3. The lowest BCUT2D eigenvalue weighted by atomic mass is 10.4. The van der Waals surface area contributed by atoms with Gasteiger partial charge in [0.25, 0.3) is 5.91 Å². The molecule has 0 unspecified atom stereocenters. The van der Waals surface area contributed by atoms with Crippen molar-refractivity contribution in [3.63, 3.8) is 0 Å². The van der Waals surface area contributed by atoms with Crippen molar-refractivity contribution >= 4 is 39.5 Å². The standard InChI is InChI=1S/C15H19N5O3S3/c21-14(16-9-12-17-18-15(24)20(12)10-3-4-10)13-11(5-8-25-13)26(22,23)19-6-1-2-7-19/h5,8,10H,1-4,6-7,9H2,(H,16,21)(H,18,24). The van der Waals surface area contributed by atoms with E-state index >= 15 is 0 Å². The Labute approximate surface area is 160 Å². The Balaban J connectivity index is 1.51. The summed E-state index contributed by atoms with van der Waals surface area (Å²) in [5, 5.41) is 11.3. The SMILES string of the molecule is O=C(NCc1n[nH]c(=S)n1C1CC1)c1sccc1S(=O)(=O)N1CCCC1. The van der Waals surface area contributed by atoms with E-state index in [1.807, 2.05) is 4.57 Å². The van der Waals surface area contributed by atoms with E-state index in [-0.39, 0.29) is 16.3 Å². The molecule has 2 aromatic heterocycles. The third-order valence-corrected chi connectivity index (χ3v) is 7.89. The molecule has 0 bridgehead atoms. The minimum Gasteiger partial charge on any atom is -0.344 e. The summed E-state index contributed by atoms with van der Waals surface area (Å²) in [6, 6.07) is 1.86. The van der Waals surface area contributed by atoms with Gasteiger partial charge in [-0.05, 0) is 49.3 Å². The highest BCUT2D eigenvalue weighted by Crippen LogP contribution is 2.35. The third-order valence-electron chi connectivity index (χ3n) is 4.61. The lowest BCUT2D eigenvalue weighted by Crippen LogP contribution is -2.30. The average Bonchev–Trinajstić information content (AvgIpc) is 3.08. The lowest BCUT2D eigenvalue weighted by Gasteiger charge is -2.15. The van der Waals surface area contributed by atoms with Crippen LogP contribution in [0.3, 0.4) is 0 Å². The van der Waals surface area contributed by atoms with Gasteiger partial charge in [-0.25, -0.2) is 8.42 Å². The Morgan fingerprint density at radius 3 is 2.81 bits per heavy atom. The predicted molar refractivity (Wildman–Crippen MR) is 99.2 cm³/mol. The van der Waals surface area contributed by atoms with Gasteiger partial charge in [0.1, 0.15) is 9.77 Å². The minimum atomic E-state index is -3.62. The van der Waals surface area contributed by atoms with Crippen molar-refractivity contribution in [2.24, 2.45) is 0 Å². The number of aromatic amines is 1. The quantitative estimate of drug-likeness (QED) is 0.706. The first-order valence-electron chi connectivity index (χ1n) is 8.50. The summed E-state index contributed by atoms with van der Waals surface area (Å²) in [5.41, 5.74) is 0. The van der Waals surface area contributed by atoms with Gasteiger partial charge in [0, 0.05) is 19.1 Å². The zero-order chi connectivity index (χ0) is 18.3. The molecule has 0 spiro atoms.